The first kappa shape index (κ1) is 27.2. The molecule has 0 spiro atoms. The van der Waals surface area contributed by atoms with Crippen LogP contribution in [0.1, 0.15) is 22.6 Å². The van der Waals surface area contributed by atoms with Crippen LogP contribution in [-0.4, -0.2) is 75.9 Å². The van der Waals surface area contributed by atoms with E-state index in [2.05, 4.69) is 20.2 Å². The minimum atomic E-state index is -4.16. The number of aromatic nitrogens is 1. The number of fused-ring (bicyclic) bond motifs is 1. The smallest absolute Gasteiger partial charge is 0.272 e. The van der Waals surface area contributed by atoms with E-state index >= 15 is 0 Å². The summed E-state index contributed by atoms with van der Waals surface area (Å²) < 4.78 is 33.8. The van der Waals surface area contributed by atoms with Crippen molar-refractivity contribution in [3.8, 4) is 0 Å². The molecular formula is C26H30N6O5S. The fourth-order valence-electron chi connectivity index (χ4n) is 4.32. The Morgan fingerprint density at radius 1 is 1.11 bits per heavy atom. The Hall–Kier alpha value is -3.87. The lowest BCUT2D eigenvalue weighted by Crippen LogP contribution is -2.56. The lowest BCUT2D eigenvalue weighted by Gasteiger charge is -2.25. The SMILES string of the molecule is Cc1noc(C)c1S(=O)(=O)NC(CN(C)C)C(=O)NC1N=C(c2ccccc2)c2ccccc2N(C)C1=O. The Labute approximate surface area is 221 Å². The second kappa shape index (κ2) is 10.9. The second-order valence-corrected chi connectivity index (χ2v) is 10.9. The fraction of sp³-hybridized carbons (Fsp3) is 0.308. The van der Waals surface area contributed by atoms with Gasteiger partial charge in [0, 0.05) is 24.7 Å². The third kappa shape index (κ3) is 5.52. The zero-order valence-electron chi connectivity index (χ0n) is 21.8. The van der Waals surface area contributed by atoms with Gasteiger partial charge in [-0.2, -0.15) is 4.72 Å². The molecule has 0 saturated heterocycles. The predicted octanol–water partition coefficient (Wildman–Crippen LogP) is 1.46. The minimum Gasteiger partial charge on any atom is -0.360 e. The van der Waals surface area contributed by atoms with Crippen LogP contribution in [-0.2, 0) is 19.6 Å². The summed E-state index contributed by atoms with van der Waals surface area (Å²) in [5.74, 6) is -1.06. The van der Waals surface area contributed by atoms with Gasteiger partial charge in [-0.05, 0) is 34.0 Å². The van der Waals surface area contributed by atoms with Crippen molar-refractivity contribution < 1.29 is 22.5 Å². The van der Waals surface area contributed by atoms with Crippen LogP contribution in [0.4, 0.5) is 5.69 Å². The number of sulfonamides is 1. The van der Waals surface area contributed by atoms with Crippen LogP contribution in [0.15, 0.2) is 69.0 Å². The lowest BCUT2D eigenvalue weighted by molar-refractivity contribution is -0.128. The number of anilines is 1. The minimum absolute atomic E-state index is 0.0284. The highest BCUT2D eigenvalue weighted by Crippen LogP contribution is 2.27. The summed E-state index contributed by atoms with van der Waals surface area (Å²) in [6.45, 7) is 3.01. The van der Waals surface area contributed by atoms with Gasteiger partial charge in [-0.15, -0.1) is 0 Å². The lowest BCUT2D eigenvalue weighted by atomic mass is 10.0. The number of rotatable bonds is 8. The first-order valence-corrected chi connectivity index (χ1v) is 13.4. The average Bonchev–Trinajstić information content (AvgIpc) is 3.19. The number of carbonyl (C=O) groups excluding carboxylic acids is 2. The molecule has 2 aromatic carbocycles. The average molecular weight is 539 g/mol. The van der Waals surface area contributed by atoms with Crippen LogP contribution in [0, 0.1) is 13.8 Å². The standard InChI is InChI=1S/C26H30N6O5S/c1-16-23(17(2)37-29-16)38(35,36)30-20(15-31(3)4)25(33)28-24-26(34)32(5)21-14-10-9-13-19(21)22(27-24)18-11-7-6-8-12-18/h6-14,20,24,30H,15H2,1-5H3,(H,28,33). The van der Waals surface area contributed by atoms with Crippen molar-refractivity contribution in [2.24, 2.45) is 4.99 Å². The van der Waals surface area contributed by atoms with Crippen LogP contribution in [0.5, 0.6) is 0 Å². The summed E-state index contributed by atoms with van der Waals surface area (Å²) in [4.78, 5) is 34.6. The fourth-order valence-corrected chi connectivity index (χ4v) is 5.84. The molecule has 0 bridgehead atoms. The molecule has 1 aliphatic heterocycles. The van der Waals surface area contributed by atoms with Crippen molar-refractivity contribution in [3.63, 3.8) is 0 Å². The molecule has 0 aliphatic carbocycles. The molecule has 2 heterocycles. The van der Waals surface area contributed by atoms with Crippen LogP contribution >= 0.6 is 0 Å². The van der Waals surface area contributed by atoms with E-state index in [0.717, 1.165) is 11.1 Å². The van der Waals surface area contributed by atoms with Crippen molar-refractivity contribution in [1.82, 2.24) is 20.1 Å². The maximum absolute atomic E-state index is 13.5. The number of carbonyl (C=O) groups is 2. The van der Waals surface area contributed by atoms with Gasteiger partial charge in [0.05, 0.1) is 11.4 Å². The zero-order chi connectivity index (χ0) is 27.6. The number of aryl methyl sites for hydroxylation is 2. The number of nitrogens with one attached hydrogen (secondary N) is 2. The van der Waals surface area contributed by atoms with Crippen LogP contribution in [0.25, 0.3) is 0 Å². The highest BCUT2D eigenvalue weighted by molar-refractivity contribution is 7.89. The van der Waals surface area contributed by atoms with Gasteiger partial charge in [0.15, 0.2) is 5.76 Å². The van der Waals surface area contributed by atoms with Crippen LogP contribution < -0.4 is 14.9 Å². The van der Waals surface area contributed by atoms with Crippen molar-refractivity contribution in [2.75, 3.05) is 32.6 Å². The molecule has 2 amide bonds. The summed E-state index contributed by atoms with van der Waals surface area (Å²) >= 11 is 0. The largest absolute Gasteiger partial charge is 0.360 e. The van der Waals surface area contributed by atoms with E-state index in [1.807, 2.05) is 54.6 Å². The quantitative estimate of drug-likeness (QED) is 0.443. The Morgan fingerprint density at radius 2 is 1.76 bits per heavy atom. The number of hydrogen-bond donors (Lipinski definition) is 2. The normalized spacial score (nSPS) is 16.6. The second-order valence-electron chi connectivity index (χ2n) is 9.26. The van der Waals surface area contributed by atoms with Gasteiger partial charge in [-0.25, -0.2) is 13.4 Å². The van der Waals surface area contributed by atoms with E-state index < -0.39 is 34.0 Å². The van der Waals surface area contributed by atoms with E-state index in [-0.39, 0.29) is 22.9 Å². The Morgan fingerprint density at radius 3 is 2.39 bits per heavy atom. The van der Waals surface area contributed by atoms with E-state index in [4.69, 9.17) is 4.52 Å². The molecule has 12 heteroatoms. The van der Waals surface area contributed by atoms with E-state index in [1.54, 1.807) is 26.0 Å². The molecule has 3 aromatic rings. The number of aliphatic imine (C=N–C) groups is 1. The molecule has 200 valence electrons. The van der Waals surface area contributed by atoms with Gasteiger partial charge >= 0.3 is 0 Å². The van der Waals surface area contributed by atoms with Gasteiger partial charge in [-0.1, -0.05) is 53.7 Å². The number of amides is 2. The number of hydrogen-bond acceptors (Lipinski definition) is 8. The van der Waals surface area contributed by atoms with Crippen molar-refractivity contribution in [1.29, 1.82) is 0 Å². The molecule has 0 fully saturated rings. The Kier molecular flexibility index (Phi) is 7.76. The monoisotopic (exact) mass is 538 g/mol. The molecule has 1 aliphatic rings. The molecule has 0 saturated carbocycles. The molecule has 2 N–H and O–H groups in total. The maximum atomic E-state index is 13.5. The zero-order valence-corrected chi connectivity index (χ0v) is 22.6. The third-order valence-electron chi connectivity index (χ3n) is 6.07. The highest BCUT2D eigenvalue weighted by Gasteiger charge is 2.35. The summed E-state index contributed by atoms with van der Waals surface area (Å²) in [5, 5.41) is 6.37. The molecular weight excluding hydrogens is 508 g/mol. The molecule has 2 unspecified atom stereocenters. The van der Waals surface area contributed by atoms with Gasteiger partial charge in [0.25, 0.3) is 5.91 Å². The topological polar surface area (TPSA) is 137 Å². The van der Waals surface area contributed by atoms with Crippen molar-refractivity contribution in [2.45, 2.75) is 31.0 Å². The molecule has 1 aromatic heterocycles. The van der Waals surface area contributed by atoms with Gasteiger partial charge in [0.2, 0.25) is 22.1 Å². The summed E-state index contributed by atoms with van der Waals surface area (Å²) in [7, 11) is 0.861. The first-order chi connectivity index (χ1) is 18.0. The number of benzene rings is 2. The molecule has 38 heavy (non-hydrogen) atoms. The Balaban J connectivity index is 1.69. The molecule has 4 rings (SSSR count). The number of nitrogens with zero attached hydrogens (tertiary/aromatic N) is 4. The van der Waals surface area contributed by atoms with Gasteiger partial charge in [0.1, 0.15) is 16.6 Å². The van der Waals surface area contributed by atoms with E-state index in [0.29, 0.717) is 11.4 Å². The third-order valence-corrected chi connectivity index (χ3v) is 7.78. The highest BCUT2D eigenvalue weighted by atomic mass is 32.2. The maximum Gasteiger partial charge on any atom is 0.272 e. The number of para-hydroxylation sites is 1. The van der Waals surface area contributed by atoms with E-state index in [1.165, 1.54) is 18.7 Å². The molecule has 0 radical (unpaired) electrons. The first-order valence-electron chi connectivity index (χ1n) is 11.9. The summed E-state index contributed by atoms with van der Waals surface area (Å²) in [6, 6.07) is 15.5. The Bertz CT molecular complexity index is 1460. The van der Waals surface area contributed by atoms with Crippen LogP contribution in [0.3, 0.4) is 0 Å². The van der Waals surface area contributed by atoms with Crippen molar-refractivity contribution >= 4 is 33.2 Å². The number of benzodiazepines with no additional fused rings is 1. The summed E-state index contributed by atoms with van der Waals surface area (Å²) in [6.07, 6.45) is -1.29. The van der Waals surface area contributed by atoms with Crippen LogP contribution in [0.2, 0.25) is 0 Å². The van der Waals surface area contributed by atoms with Gasteiger partial charge < -0.3 is 19.6 Å². The van der Waals surface area contributed by atoms with Crippen molar-refractivity contribution in [3.05, 3.63) is 77.2 Å². The summed E-state index contributed by atoms with van der Waals surface area (Å²) in [5.41, 5.74) is 2.85. The molecule has 2 atom stereocenters. The molecule has 11 nitrogen and oxygen atoms in total. The number of likely N-dealkylation sites (N-methyl/N-ethyl adjacent to an activating group) is 2. The predicted molar refractivity (Wildman–Crippen MR) is 143 cm³/mol. The van der Waals surface area contributed by atoms with Gasteiger partial charge in [-0.3, -0.25) is 9.59 Å². The van der Waals surface area contributed by atoms with E-state index in [9.17, 15) is 18.0 Å².